The molecule has 78 valence electrons. The van der Waals surface area contributed by atoms with Gasteiger partial charge in [0.25, 0.3) is 5.82 Å². The fraction of sp³-hybridized carbons (Fsp3) is 0.0833. The molecule has 2 heterocycles. The third-order valence-electron chi connectivity index (χ3n) is 1.95. The number of rotatable bonds is 2. The molecule has 0 saturated carbocycles. The summed E-state index contributed by atoms with van der Waals surface area (Å²) in [7, 11) is 0. The zero-order valence-corrected chi connectivity index (χ0v) is 8.71. The predicted molar refractivity (Wildman–Crippen MR) is 59.5 cm³/mol. The fourth-order valence-electron chi connectivity index (χ4n) is 1.18. The van der Waals surface area contributed by atoms with Gasteiger partial charge in [-0.3, -0.25) is 4.98 Å². The van der Waals surface area contributed by atoms with Crippen molar-refractivity contribution in [3.8, 4) is 11.5 Å². The quantitative estimate of drug-likeness (QED) is 0.716. The average molecular weight is 211 g/mol. The summed E-state index contributed by atoms with van der Waals surface area (Å²) in [5, 5.41) is 0. The van der Waals surface area contributed by atoms with E-state index in [0.717, 1.165) is 5.69 Å². The van der Waals surface area contributed by atoms with E-state index in [1.54, 1.807) is 24.5 Å². The minimum absolute atomic E-state index is 0.317. The smallest absolute Gasteiger partial charge is 0.273 e. The lowest BCUT2D eigenvalue weighted by atomic mass is 10.3. The van der Waals surface area contributed by atoms with Gasteiger partial charge < -0.3 is 9.58 Å². The number of aryl methyl sites for hydroxylation is 1. The normalized spacial score (nSPS) is 9.50. The molecule has 0 atom stereocenters. The minimum atomic E-state index is 0.317. The van der Waals surface area contributed by atoms with Crippen LogP contribution in [0.3, 0.4) is 0 Å². The van der Waals surface area contributed by atoms with Crippen LogP contribution in [0.5, 0.6) is 11.5 Å². The Morgan fingerprint density at radius 2 is 2.06 bits per heavy atom. The number of aromatic nitrogens is 2. The number of ether oxygens (including phenoxy) is 1. The number of nitrogens with zero attached hydrogens (tertiary/aromatic N) is 3. The van der Waals surface area contributed by atoms with Crippen molar-refractivity contribution in [1.29, 1.82) is 0 Å². The monoisotopic (exact) mass is 211 g/mol. The van der Waals surface area contributed by atoms with Gasteiger partial charge >= 0.3 is 0 Å². The van der Waals surface area contributed by atoms with Crippen molar-refractivity contribution in [1.82, 2.24) is 9.97 Å². The Morgan fingerprint density at radius 1 is 1.19 bits per heavy atom. The lowest BCUT2D eigenvalue weighted by molar-refractivity contribution is 0.479. The first-order chi connectivity index (χ1) is 7.78. The summed E-state index contributed by atoms with van der Waals surface area (Å²) >= 11 is 0. The highest BCUT2D eigenvalue weighted by atomic mass is 16.5. The standard InChI is InChI=1S/C12H9N3O/c1-9-3-4-11(8-15-9)16-10-5-6-14-12(7-10)13-2/h3-8H,1H3. The molecule has 2 aromatic rings. The molecule has 0 spiro atoms. The van der Waals surface area contributed by atoms with Crippen molar-refractivity contribution in [3.05, 3.63) is 53.8 Å². The first-order valence-electron chi connectivity index (χ1n) is 4.72. The molecular formula is C12H9N3O. The molecule has 0 saturated heterocycles. The summed E-state index contributed by atoms with van der Waals surface area (Å²) in [6.45, 7) is 8.75. The SMILES string of the molecule is [C-]#[N+]c1cc(Oc2ccc(C)nc2)ccn1. The number of hydrogen-bond donors (Lipinski definition) is 0. The van der Waals surface area contributed by atoms with E-state index in [2.05, 4.69) is 14.8 Å². The molecule has 0 aliphatic rings. The third-order valence-corrected chi connectivity index (χ3v) is 1.95. The van der Waals surface area contributed by atoms with Gasteiger partial charge in [0.15, 0.2) is 0 Å². The molecule has 2 rings (SSSR count). The molecule has 16 heavy (non-hydrogen) atoms. The zero-order chi connectivity index (χ0) is 11.4. The summed E-state index contributed by atoms with van der Waals surface area (Å²) < 4.78 is 5.53. The van der Waals surface area contributed by atoms with Crippen LogP contribution in [0.25, 0.3) is 4.85 Å². The number of pyridine rings is 2. The summed E-state index contributed by atoms with van der Waals surface area (Å²) in [5.74, 6) is 1.55. The van der Waals surface area contributed by atoms with Crippen LogP contribution in [-0.4, -0.2) is 9.97 Å². The first kappa shape index (κ1) is 10.1. The van der Waals surface area contributed by atoms with Crippen LogP contribution in [-0.2, 0) is 0 Å². The molecule has 0 unspecified atom stereocenters. The van der Waals surface area contributed by atoms with Crippen LogP contribution in [0.15, 0.2) is 36.7 Å². The van der Waals surface area contributed by atoms with Crippen LogP contribution in [0.2, 0.25) is 0 Å². The van der Waals surface area contributed by atoms with Gasteiger partial charge in [-0.05, 0) is 19.1 Å². The highest BCUT2D eigenvalue weighted by molar-refractivity contribution is 5.42. The summed E-state index contributed by atoms with van der Waals surface area (Å²) in [5.41, 5.74) is 0.934. The Bertz CT molecular complexity index is 529. The molecule has 2 aromatic heterocycles. The molecule has 4 heteroatoms. The van der Waals surface area contributed by atoms with Gasteiger partial charge in [0.2, 0.25) is 0 Å². The largest absolute Gasteiger partial charge is 0.457 e. The molecule has 0 fully saturated rings. The van der Waals surface area contributed by atoms with Crippen molar-refractivity contribution < 1.29 is 4.74 Å². The Kier molecular flexibility index (Phi) is 2.79. The molecule has 0 aliphatic heterocycles. The van der Waals surface area contributed by atoms with Crippen molar-refractivity contribution >= 4 is 5.82 Å². The summed E-state index contributed by atoms with van der Waals surface area (Å²) in [6, 6.07) is 6.99. The van der Waals surface area contributed by atoms with E-state index in [0.29, 0.717) is 17.3 Å². The molecule has 0 aliphatic carbocycles. The van der Waals surface area contributed by atoms with Crippen molar-refractivity contribution in [2.45, 2.75) is 6.92 Å². The van der Waals surface area contributed by atoms with E-state index in [1.165, 1.54) is 0 Å². The molecule has 0 bridgehead atoms. The van der Waals surface area contributed by atoms with Gasteiger partial charge in [-0.15, -0.1) is 4.98 Å². The van der Waals surface area contributed by atoms with E-state index in [4.69, 9.17) is 11.3 Å². The second-order valence-corrected chi connectivity index (χ2v) is 3.20. The maximum absolute atomic E-state index is 6.84. The van der Waals surface area contributed by atoms with E-state index >= 15 is 0 Å². The van der Waals surface area contributed by atoms with Gasteiger partial charge in [-0.2, -0.15) is 0 Å². The average Bonchev–Trinajstić information content (AvgIpc) is 2.32. The van der Waals surface area contributed by atoms with E-state index in [-0.39, 0.29) is 0 Å². The second kappa shape index (κ2) is 4.41. The van der Waals surface area contributed by atoms with Crippen molar-refractivity contribution in [2.75, 3.05) is 0 Å². The van der Waals surface area contributed by atoms with Crippen LogP contribution in [0, 0.1) is 13.5 Å². The zero-order valence-electron chi connectivity index (χ0n) is 8.71. The molecule has 0 radical (unpaired) electrons. The Balaban J connectivity index is 2.21. The second-order valence-electron chi connectivity index (χ2n) is 3.20. The van der Waals surface area contributed by atoms with Gasteiger partial charge in [0.05, 0.1) is 6.20 Å². The maximum Gasteiger partial charge on any atom is 0.273 e. The summed E-state index contributed by atoms with van der Waals surface area (Å²) in [6.07, 6.45) is 3.19. The minimum Gasteiger partial charge on any atom is -0.457 e. The van der Waals surface area contributed by atoms with Gasteiger partial charge in [-0.1, -0.05) is 6.57 Å². The Morgan fingerprint density at radius 3 is 2.75 bits per heavy atom. The maximum atomic E-state index is 6.84. The predicted octanol–water partition coefficient (Wildman–Crippen LogP) is 3.13. The van der Waals surface area contributed by atoms with Crippen LogP contribution in [0.4, 0.5) is 5.82 Å². The van der Waals surface area contributed by atoms with E-state index in [9.17, 15) is 0 Å². The molecular weight excluding hydrogens is 202 g/mol. The van der Waals surface area contributed by atoms with Gasteiger partial charge in [-0.25, -0.2) is 0 Å². The molecule has 0 N–H and O–H groups in total. The highest BCUT2D eigenvalue weighted by Crippen LogP contribution is 2.23. The van der Waals surface area contributed by atoms with Gasteiger partial charge in [0, 0.05) is 17.8 Å². The molecule has 0 amide bonds. The Labute approximate surface area is 93.4 Å². The lowest BCUT2D eigenvalue weighted by Crippen LogP contribution is -1.86. The third kappa shape index (κ3) is 2.34. The first-order valence-corrected chi connectivity index (χ1v) is 4.72. The lowest BCUT2D eigenvalue weighted by Gasteiger charge is -2.04. The van der Waals surface area contributed by atoms with Crippen LogP contribution in [0.1, 0.15) is 5.69 Å². The molecule has 0 aromatic carbocycles. The van der Waals surface area contributed by atoms with Gasteiger partial charge in [0.1, 0.15) is 17.7 Å². The van der Waals surface area contributed by atoms with Crippen LogP contribution < -0.4 is 4.74 Å². The Hall–Kier alpha value is -2.41. The van der Waals surface area contributed by atoms with Crippen molar-refractivity contribution in [2.24, 2.45) is 0 Å². The summed E-state index contributed by atoms with van der Waals surface area (Å²) in [4.78, 5) is 11.2. The highest BCUT2D eigenvalue weighted by Gasteiger charge is 2.00. The number of hydrogen-bond acceptors (Lipinski definition) is 3. The van der Waals surface area contributed by atoms with Crippen LogP contribution >= 0.6 is 0 Å². The van der Waals surface area contributed by atoms with E-state index < -0.39 is 0 Å². The van der Waals surface area contributed by atoms with E-state index in [1.807, 2.05) is 19.1 Å². The van der Waals surface area contributed by atoms with Crippen molar-refractivity contribution in [3.63, 3.8) is 0 Å². The fourth-order valence-corrected chi connectivity index (χ4v) is 1.18. The topological polar surface area (TPSA) is 39.4 Å². The molecule has 4 nitrogen and oxygen atoms in total.